The van der Waals surface area contributed by atoms with E-state index in [2.05, 4.69) is 56.6 Å². The molecule has 1 amide bonds. The van der Waals surface area contributed by atoms with Crippen LogP contribution in [0.1, 0.15) is 80.6 Å². The van der Waals surface area contributed by atoms with Gasteiger partial charge in [0.05, 0.1) is 55.3 Å². The molecule has 5 atom stereocenters. The van der Waals surface area contributed by atoms with Crippen molar-refractivity contribution in [2.24, 2.45) is 0 Å². The Hall–Kier alpha value is -9.05. The van der Waals surface area contributed by atoms with Crippen LogP contribution in [0.4, 0.5) is 37.2 Å². The maximum atomic E-state index is 15.0. The second-order valence-corrected chi connectivity index (χ2v) is 25.5. The van der Waals surface area contributed by atoms with Gasteiger partial charge in [-0.3, -0.25) is 19.2 Å². The van der Waals surface area contributed by atoms with Crippen LogP contribution in [0.25, 0.3) is 22.3 Å². The van der Waals surface area contributed by atoms with Crippen LogP contribution in [0, 0.1) is 11.6 Å². The number of ether oxygens (including phenoxy) is 5. The van der Waals surface area contributed by atoms with E-state index in [4.69, 9.17) is 64.2 Å². The summed E-state index contributed by atoms with van der Waals surface area (Å²) >= 11 is 22.4. The topological polar surface area (TPSA) is 265 Å². The zero-order valence-electron chi connectivity index (χ0n) is 52.1. The molecule has 0 saturated carbocycles. The normalized spacial score (nSPS) is 19.1. The van der Waals surface area contributed by atoms with Crippen molar-refractivity contribution in [1.29, 1.82) is 0 Å². The lowest BCUT2D eigenvalue weighted by Crippen LogP contribution is -2.33. The molecule has 11 heterocycles. The quantitative estimate of drug-likeness (QED) is 0.0805. The summed E-state index contributed by atoms with van der Waals surface area (Å²) in [5, 5.41) is 17.9. The number of nitrogen functional groups attached to an aromatic ring is 1. The Morgan fingerprint density at radius 2 is 1.06 bits per heavy atom. The molecule has 5 saturated heterocycles. The minimum atomic E-state index is -0.485. The zero-order chi connectivity index (χ0) is 67.5. The molecule has 97 heavy (non-hydrogen) atoms. The standard InChI is InChI=1S/C26H21ClFN5O3.C24H25ClFN5O3.C18H20BrClN4O3/c27-24-22(14-30-32-26(24)35)33-11-9-19(15-33)36-23-12-17(8-10-29-23)20-7-6-18(13-21(20)28)31-25(34)16-4-2-1-3-5-16;25-23-20(13-29-31(24(23)32)22-3-1-2-10-33-22)30-9-7-17(14-30)34-21-11-15(6-8-28-21)18-5-4-16(27)12-19(18)26;19-12-4-6-21-15(9-12)27-13-5-7-23(11-13)14-10-22-24(18(25)17(14)20)16-3-1-2-8-26-16/h1-8,10,12-14,19H,9,11,15H2,(H,31,34)(H,32,35);4-6,8,11-13,17,22H,1-3,7,9-10,14,27H2;4,6,9-10,13,16H,1-3,5,7-8,11H2/t19-;17-,22?;13-,16?/m111/s1. The van der Waals surface area contributed by atoms with Gasteiger partial charge in [0.2, 0.25) is 17.6 Å². The fourth-order valence-corrected chi connectivity index (χ4v) is 12.9. The SMILES string of the molecule is Nc1ccc(-c2ccnc(O[C@@H]3CCN(c4cnn(C5CCCCO5)c(=O)c4Cl)C3)c2)c(F)c1.O=C(Nc1ccc(-c2ccnc(O[C@@H]3CCN(c4cn[nH]c(=O)c4Cl)C3)c2)c(F)c1)c1ccccc1.O=c1c(Cl)c(N2CC[C@@H](Oc3cc(Br)ccn3)C2)cnn1C1CCCCO1. The van der Waals surface area contributed by atoms with Crippen molar-refractivity contribution in [2.75, 3.05) is 78.2 Å². The number of aromatic amines is 1. The number of carbonyl (C=O) groups excluding carboxylic acids is 1. The third-order valence-electron chi connectivity index (χ3n) is 16.8. The van der Waals surface area contributed by atoms with Crippen molar-refractivity contribution in [3.05, 3.63) is 208 Å². The number of H-pyrrole nitrogens is 1. The van der Waals surface area contributed by atoms with Gasteiger partial charge in [0.15, 0.2) is 12.5 Å². The molecule has 0 bridgehead atoms. The summed E-state index contributed by atoms with van der Waals surface area (Å²) in [4.78, 5) is 68.3. The van der Waals surface area contributed by atoms with Gasteiger partial charge in [0.1, 0.15) is 45.0 Å². The smallest absolute Gasteiger partial charge is 0.290 e. The summed E-state index contributed by atoms with van der Waals surface area (Å²) in [6.45, 7) is 4.94. The van der Waals surface area contributed by atoms with Crippen molar-refractivity contribution in [3.63, 3.8) is 0 Å². The van der Waals surface area contributed by atoms with E-state index >= 15 is 0 Å². The van der Waals surface area contributed by atoms with Gasteiger partial charge < -0.3 is 49.4 Å². The summed E-state index contributed by atoms with van der Waals surface area (Å²) in [5.74, 6) is 0.127. The van der Waals surface area contributed by atoms with E-state index in [9.17, 15) is 28.0 Å². The molecule has 0 aliphatic carbocycles. The number of nitrogens with one attached hydrogen (secondary N) is 2. The highest BCUT2D eigenvalue weighted by molar-refractivity contribution is 9.10. The number of benzene rings is 3. The third kappa shape index (κ3) is 16.7. The summed E-state index contributed by atoms with van der Waals surface area (Å²) < 4.78 is 62.3. The number of aromatic nitrogens is 9. The molecule has 3 aromatic carbocycles. The Morgan fingerprint density at radius 1 is 0.577 bits per heavy atom. The van der Waals surface area contributed by atoms with Crippen molar-refractivity contribution in [3.8, 4) is 39.9 Å². The van der Waals surface area contributed by atoms with Crippen LogP contribution in [0.5, 0.6) is 17.6 Å². The van der Waals surface area contributed by atoms with Crippen LogP contribution in [-0.2, 0) is 9.47 Å². The molecular formula is C68H66BrCl3F2N14O9. The Balaban J connectivity index is 0.000000140. The fourth-order valence-electron chi connectivity index (χ4n) is 11.9. The molecule has 29 heteroatoms. The van der Waals surface area contributed by atoms with Crippen LogP contribution in [0.2, 0.25) is 15.1 Å². The molecule has 0 spiro atoms. The number of hydrogen-bond donors (Lipinski definition) is 3. The Bertz CT molecular complexity index is 4460. The number of anilines is 5. The van der Waals surface area contributed by atoms with Crippen LogP contribution in [-0.4, -0.2) is 121 Å². The largest absolute Gasteiger partial charge is 0.472 e. The summed E-state index contributed by atoms with van der Waals surface area (Å²) in [6.07, 6.45) is 16.3. The van der Waals surface area contributed by atoms with Gasteiger partial charge >= 0.3 is 0 Å². The molecule has 2 unspecified atom stereocenters. The number of carbonyl (C=O) groups is 1. The van der Waals surface area contributed by atoms with Gasteiger partial charge in [-0.05, 0) is 116 Å². The summed E-state index contributed by atoms with van der Waals surface area (Å²) in [7, 11) is 0. The Morgan fingerprint density at radius 3 is 1.55 bits per heavy atom. The van der Waals surface area contributed by atoms with E-state index in [1.165, 1.54) is 27.7 Å². The number of rotatable bonds is 15. The van der Waals surface area contributed by atoms with E-state index in [0.717, 1.165) is 56.0 Å². The van der Waals surface area contributed by atoms with Crippen LogP contribution >= 0.6 is 50.7 Å². The average Bonchev–Trinajstić information content (AvgIpc) is 1.83. The molecule has 23 nitrogen and oxygen atoms in total. The Kier molecular flexibility index (Phi) is 22.0. The lowest BCUT2D eigenvalue weighted by atomic mass is 10.1. The second kappa shape index (κ2) is 31.4. The molecule has 5 aliphatic rings. The third-order valence-corrected chi connectivity index (χ3v) is 18.4. The van der Waals surface area contributed by atoms with Crippen LogP contribution in [0.15, 0.2) is 159 Å². The molecule has 6 aromatic heterocycles. The van der Waals surface area contributed by atoms with Gasteiger partial charge in [-0.15, -0.1) is 0 Å². The van der Waals surface area contributed by atoms with Gasteiger partial charge in [-0.2, -0.15) is 24.7 Å². The molecule has 4 N–H and O–H groups in total. The van der Waals surface area contributed by atoms with Crippen molar-refractivity contribution in [1.82, 2.24) is 44.7 Å². The average molecular weight is 1450 g/mol. The van der Waals surface area contributed by atoms with Crippen molar-refractivity contribution < 1.29 is 37.3 Å². The molecule has 5 aliphatic heterocycles. The van der Waals surface area contributed by atoms with E-state index in [-0.39, 0.29) is 62.9 Å². The minimum Gasteiger partial charge on any atom is -0.472 e. The molecule has 504 valence electrons. The van der Waals surface area contributed by atoms with Gasteiger partial charge in [-0.25, -0.2) is 28.8 Å². The monoisotopic (exact) mass is 1440 g/mol. The van der Waals surface area contributed by atoms with E-state index in [1.54, 1.807) is 104 Å². The summed E-state index contributed by atoms with van der Waals surface area (Å²) in [6, 6.07) is 28.3. The predicted octanol–water partition coefficient (Wildman–Crippen LogP) is 12.0. The first-order valence-electron chi connectivity index (χ1n) is 31.6. The fraction of sp³-hybridized carbons (Fsp3) is 0.324. The van der Waals surface area contributed by atoms with Crippen molar-refractivity contribution in [2.45, 2.75) is 88.6 Å². The Labute approximate surface area is 578 Å². The molecule has 0 radical (unpaired) electrons. The van der Waals surface area contributed by atoms with Crippen molar-refractivity contribution >= 4 is 85.1 Å². The second-order valence-electron chi connectivity index (χ2n) is 23.5. The van der Waals surface area contributed by atoms with E-state index < -0.39 is 17.2 Å². The van der Waals surface area contributed by atoms with Crippen LogP contribution < -0.4 is 56.6 Å². The number of nitrogens with zero attached hydrogens (tertiary/aromatic N) is 11. The number of halogens is 6. The summed E-state index contributed by atoms with van der Waals surface area (Å²) in [5.41, 5.74) is 9.55. The first kappa shape index (κ1) is 67.9. The molecule has 14 rings (SSSR count). The minimum absolute atomic E-state index is 0.0213. The number of nitrogens with two attached hydrogens (primary N) is 1. The highest BCUT2D eigenvalue weighted by atomic mass is 79.9. The first-order valence-corrected chi connectivity index (χ1v) is 33.5. The molecular weight excluding hydrogens is 1380 g/mol. The van der Waals surface area contributed by atoms with Crippen LogP contribution in [0.3, 0.4) is 0 Å². The molecule has 9 aromatic rings. The van der Waals surface area contributed by atoms with Gasteiger partial charge in [0.25, 0.3) is 22.6 Å². The maximum Gasteiger partial charge on any atom is 0.290 e. The zero-order valence-corrected chi connectivity index (χ0v) is 56.0. The first-order chi connectivity index (χ1) is 47.1. The highest BCUT2D eigenvalue weighted by Gasteiger charge is 2.32. The lowest BCUT2D eigenvalue weighted by molar-refractivity contribution is -0.0425. The van der Waals surface area contributed by atoms with Gasteiger partial charge in [-0.1, -0.05) is 68.9 Å². The highest BCUT2D eigenvalue weighted by Crippen LogP contribution is 2.35. The molecule has 5 fully saturated rings. The van der Waals surface area contributed by atoms with Gasteiger partial charge in [0, 0.05) is 121 Å². The number of amides is 1. The maximum absolute atomic E-state index is 15.0. The number of pyridine rings is 3. The van der Waals surface area contributed by atoms with E-state index in [0.29, 0.717) is 133 Å². The van der Waals surface area contributed by atoms with E-state index in [1.807, 2.05) is 32.9 Å². The lowest BCUT2D eigenvalue weighted by Gasteiger charge is -2.25. The number of hydrogen-bond acceptors (Lipinski definition) is 19. The predicted molar refractivity (Wildman–Crippen MR) is 368 cm³/mol.